The van der Waals surface area contributed by atoms with Crippen molar-refractivity contribution in [2.45, 2.75) is 20.1 Å². The smallest absolute Gasteiger partial charge is 0.166 e. The van der Waals surface area contributed by atoms with E-state index in [4.69, 9.17) is 9.47 Å². The van der Waals surface area contributed by atoms with E-state index < -0.39 is 0 Å². The Hall–Kier alpha value is -2.64. The standard InChI is InChI=1S/C20H21N3O3S/c1-13-3-4-18(27-13)14-7-15-10-23(5-6-26-20(15)17(24)8-14)19-9-16(11-25-2)21-12-22-19/h3-4,7-9,12,24H,5-6,10-11H2,1-2H3. The summed E-state index contributed by atoms with van der Waals surface area (Å²) in [5, 5.41) is 10.5. The third kappa shape index (κ3) is 3.74. The molecule has 1 N–H and O–H groups in total. The lowest BCUT2D eigenvalue weighted by Gasteiger charge is -2.21. The Balaban J connectivity index is 1.68. The van der Waals surface area contributed by atoms with Gasteiger partial charge in [-0.15, -0.1) is 11.3 Å². The number of hydrogen-bond acceptors (Lipinski definition) is 7. The molecule has 0 saturated carbocycles. The molecule has 0 amide bonds. The maximum atomic E-state index is 10.5. The highest BCUT2D eigenvalue weighted by Crippen LogP contribution is 2.39. The van der Waals surface area contributed by atoms with Crippen molar-refractivity contribution in [3.8, 4) is 21.9 Å². The lowest BCUT2D eigenvalue weighted by atomic mass is 10.1. The average Bonchev–Trinajstić information content (AvgIpc) is 2.97. The molecular formula is C20H21N3O3S. The normalized spacial score (nSPS) is 13.8. The van der Waals surface area contributed by atoms with Crippen LogP contribution in [0, 0.1) is 6.92 Å². The summed E-state index contributed by atoms with van der Waals surface area (Å²) in [5.74, 6) is 1.56. The number of benzene rings is 1. The Morgan fingerprint density at radius 2 is 2.15 bits per heavy atom. The minimum atomic E-state index is 0.179. The summed E-state index contributed by atoms with van der Waals surface area (Å²) >= 11 is 1.71. The SMILES string of the molecule is COCc1cc(N2CCOc3c(O)cc(-c4ccc(C)s4)cc3C2)ncn1. The molecule has 0 saturated heterocycles. The molecule has 0 atom stereocenters. The molecule has 6 nitrogen and oxygen atoms in total. The number of fused-ring (bicyclic) bond motifs is 1. The molecule has 3 aromatic rings. The van der Waals surface area contributed by atoms with Crippen molar-refractivity contribution >= 4 is 17.2 Å². The van der Waals surface area contributed by atoms with Crippen molar-refractivity contribution in [1.29, 1.82) is 0 Å². The summed E-state index contributed by atoms with van der Waals surface area (Å²) in [4.78, 5) is 13.1. The van der Waals surface area contributed by atoms with Crippen molar-refractivity contribution < 1.29 is 14.6 Å². The van der Waals surface area contributed by atoms with Gasteiger partial charge in [0.1, 0.15) is 18.8 Å². The van der Waals surface area contributed by atoms with Crippen molar-refractivity contribution in [2.24, 2.45) is 0 Å². The van der Waals surface area contributed by atoms with E-state index in [1.165, 1.54) is 4.88 Å². The predicted octanol–water partition coefficient (Wildman–Crippen LogP) is 3.76. The monoisotopic (exact) mass is 383 g/mol. The number of ether oxygens (including phenoxy) is 2. The second-order valence-electron chi connectivity index (χ2n) is 6.46. The highest BCUT2D eigenvalue weighted by molar-refractivity contribution is 7.15. The number of aromatic nitrogens is 2. The zero-order chi connectivity index (χ0) is 18.8. The Kier molecular flexibility index (Phi) is 4.96. The number of phenolic OH excluding ortho intramolecular Hbond substituents is 1. The molecule has 7 heteroatoms. The fraction of sp³-hybridized carbons (Fsp3) is 0.300. The first-order chi connectivity index (χ1) is 13.1. The van der Waals surface area contributed by atoms with Gasteiger partial charge >= 0.3 is 0 Å². The van der Waals surface area contributed by atoms with Crippen LogP contribution in [0.3, 0.4) is 0 Å². The summed E-state index contributed by atoms with van der Waals surface area (Å²) in [6.45, 7) is 4.27. The van der Waals surface area contributed by atoms with Crippen LogP contribution in [0.1, 0.15) is 16.1 Å². The maximum absolute atomic E-state index is 10.5. The minimum Gasteiger partial charge on any atom is -0.504 e. The van der Waals surface area contributed by atoms with Gasteiger partial charge < -0.3 is 19.5 Å². The van der Waals surface area contributed by atoms with E-state index in [-0.39, 0.29) is 5.75 Å². The molecule has 3 heterocycles. The van der Waals surface area contributed by atoms with Crippen molar-refractivity contribution in [3.63, 3.8) is 0 Å². The Morgan fingerprint density at radius 3 is 2.93 bits per heavy atom. The van der Waals surface area contributed by atoms with Gasteiger partial charge in [-0.1, -0.05) is 0 Å². The van der Waals surface area contributed by atoms with Crippen LogP contribution >= 0.6 is 11.3 Å². The summed E-state index contributed by atoms with van der Waals surface area (Å²) in [6, 6.07) is 9.97. The Morgan fingerprint density at radius 1 is 1.26 bits per heavy atom. The first-order valence-corrected chi connectivity index (χ1v) is 9.56. The number of nitrogens with zero attached hydrogens (tertiary/aromatic N) is 3. The number of anilines is 1. The van der Waals surface area contributed by atoms with Gasteiger partial charge in [0.2, 0.25) is 0 Å². The summed E-state index contributed by atoms with van der Waals surface area (Å²) in [7, 11) is 1.65. The van der Waals surface area contributed by atoms with E-state index in [9.17, 15) is 5.11 Å². The van der Waals surface area contributed by atoms with Crippen LogP contribution in [-0.2, 0) is 17.9 Å². The van der Waals surface area contributed by atoms with Crippen LogP contribution in [0.15, 0.2) is 36.7 Å². The van der Waals surface area contributed by atoms with Crippen molar-refractivity contribution in [3.05, 3.63) is 52.8 Å². The molecule has 1 aromatic carbocycles. The topological polar surface area (TPSA) is 67.7 Å². The van der Waals surface area contributed by atoms with E-state index in [2.05, 4.69) is 40.0 Å². The fourth-order valence-electron chi connectivity index (χ4n) is 3.21. The second-order valence-corrected chi connectivity index (χ2v) is 7.75. The first kappa shape index (κ1) is 17.8. The van der Waals surface area contributed by atoms with Crippen molar-refractivity contribution in [1.82, 2.24) is 9.97 Å². The van der Waals surface area contributed by atoms with Gasteiger partial charge in [-0.25, -0.2) is 9.97 Å². The second kappa shape index (κ2) is 7.54. The molecule has 2 aromatic heterocycles. The highest BCUT2D eigenvalue weighted by Gasteiger charge is 2.21. The largest absolute Gasteiger partial charge is 0.504 e. The number of thiophene rings is 1. The molecule has 0 aliphatic carbocycles. The summed E-state index contributed by atoms with van der Waals surface area (Å²) in [6.07, 6.45) is 1.55. The average molecular weight is 383 g/mol. The Labute approximate surface area is 162 Å². The first-order valence-electron chi connectivity index (χ1n) is 8.74. The third-order valence-electron chi connectivity index (χ3n) is 4.47. The maximum Gasteiger partial charge on any atom is 0.166 e. The summed E-state index contributed by atoms with van der Waals surface area (Å²) < 4.78 is 11.0. The van der Waals surface area contributed by atoms with E-state index in [1.54, 1.807) is 30.8 Å². The van der Waals surface area contributed by atoms with Crippen LogP contribution < -0.4 is 9.64 Å². The van der Waals surface area contributed by atoms with Gasteiger partial charge in [-0.2, -0.15) is 0 Å². The molecule has 0 spiro atoms. The number of hydrogen-bond donors (Lipinski definition) is 1. The molecule has 27 heavy (non-hydrogen) atoms. The molecule has 1 aliphatic rings. The zero-order valence-electron chi connectivity index (χ0n) is 15.3. The van der Waals surface area contributed by atoms with Gasteiger partial charge in [0.25, 0.3) is 0 Å². The molecule has 140 valence electrons. The molecular weight excluding hydrogens is 362 g/mol. The van der Waals surface area contributed by atoms with Gasteiger partial charge in [-0.05, 0) is 36.8 Å². The minimum absolute atomic E-state index is 0.179. The number of phenols is 1. The predicted molar refractivity (Wildman–Crippen MR) is 105 cm³/mol. The number of rotatable bonds is 4. The van der Waals surface area contributed by atoms with Crippen LogP contribution in [0.25, 0.3) is 10.4 Å². The molecule has 1 aliphatic heterocycles. The van der Waals surface area contributed by atoms with Gasteiger partial charge in [0, 0.05) is 35.0 Å². The molecule has 0 bridgehead atoms. The van der Waals surface area contributed by atoms with Gasteiger partial charge in [0.05, 0.1) is 18.8 Å². The highest BCUT2D eigenvalue weighted by atomic mass is 32.1. The van der Waals surface area contributed by atoms with Crippen LogP contribution in [0.4, 0.5) is 5.82 Å². The van der Waals surface area contributed by atoms with Crippen LogP contribution in [-0.4, -0.2) is 35.3 Å². The van der Waals surface area contributed by atoms with Crippen LogP contribution in [0.5, 0.6) is 11.5 Å². The number of aryl methyl sites for hydroxylation is 1. The van der Waals surface area contributed by atoms with E-state index in [0.29, 0.717) is 32.1 Å². The number of aromatic hydroxyl groups is 1. The molecule has 0 unspecified atom stereocenters. The van der Waals surface area contributed by atoms with E-state index >= 15 is 0 Å². The molecule has 0 radical (unpaired) electrons. The summed E-state index contributed by atoms with van der Waals surface area (Å²) in [5.41, 5.74) is 2.77. The quantitative estimate of drug-likeness (QED) is 0.740. The van der Waals surface area contributed by atoms with Gasteiger partial charge in [0.15, 0.2) is 11.5 Å². The van der Waals surface area contributed by atoms with E-state index in [0.717, 1.165) is 27.5 Å². The van der Waals surface area contributed by atoms with Crippen molar-refractivity contribution in [2.75, 3.05) is 25.2 Å². The third-order valence-corrected chi connectivity index (χ3v) is 5.52. The van der Waals surface area contributed by atoms with Crippen LogP contribution in [0.2, 0.25) is 0 Å². The zero-order valence-corrected chi connectivity index (χ0v) is 16.1. The Bertz CT molecular complexity index is 957. The van der Waals surface area contributed by atoms with Gasteiger partial charge in [-0.3, -0.25) is 0 Å². The lowest BCUT2D eigenvalue weighted by molar-refractivity contribution is 0.181. The fourth-order valence-corrected chi connectivity index (χ4v) is 4.07. The number of methoxy groups -OCH3 is 1. The molecule has 0 fully saturated rings. The van der Waals surface area contributed by atoms with E-state index in [1.807, 2.05) is 6.07 Å². The molecule has 4 rings (SSSR count). The lowest BCUT2D eigenvalue weighted by Crippen LogP contribution is -2.26.